The molecule has 1 amide bonds. The smallest absolute Gasteiger partial charge is 0.253 e. The van der Waals surface area contributed by atoms with E-state index in [0.29, 0.717) is 41.8 Å². The Hall–Kier alpha value is -2.51. The van der Waals surface area contributed by atoms with Crippen molar-refractivity contribution in [3.8, 4) is 16.6 Å². The molecule has 0 radical (unpaired) electrons. The summed E-state index contributed by atoms with van der Waals surface area (Å²) in [5.74, 6) is 1.03. The Bertz CT molecular complexity index is 998. The largest absolute Gasteiger partial charge is 0.486 e. The normalized spacial score (nSPS) is 12.9. The number of thiazole rings is 1. The van der Waals surface area contributed by atoms with Crippen molar-refractivity contribution in [3.63, 3.8) is 0 Å². The van der Waals surface area contributed by atoms with Crippen LogP contribution < -0.4 is 14.8 Å². The van der Waals surface area contributed by atoms with Crippen molar-refractivity contribution in [2.75, 3.05) is 13.2 Å². The fourth-order valence-corrected chi connectivity index (χ4v) is 4.20. The van der Waals surface area contributed by atoms with Crippen LogP contribution in [0.5, 0.6) is 11.5 Å². The molecule has 6 nitrogen and oxygen atoms in total. The quantitative estimate of drug-likeness (QED) is 0.717. The third kappa shape index (κ3) is 3.40. The summed E-state index contributed by atoms with van der Waals surface area (Å²) in [6, 6.07) is 5.51. The molecule has 0 atom stereocenters. The molecule has 0 saturated heterocycles. The number of halogens is 1. The maximum absolute atomic E-state index is 12.7. The molecule has 0 spiro atoms. The second kappa shape index (κ2) is 7.25. The number of carbonyl (C=O) groups excluding carboxylic acids is 1. The highest BCUT2D eigenvalue weighted by atomic mass is 35.5. The molecule has 8 heteroatoms. The molecule has 2 aromatic heterocycles. The maximum atomic E-state index is 12.7. The van der Waals surface area contributed by atoms with Gasteiger partial charge in [0, 0.05) is 29.5 Å². The van der Waals surface area contributed by atoms with Gasteiger partial charge < -0.3 is 14.8 Å². The number of benzene rings is 1. The summed E-state index contributed by atoms with van der Waals surface area (Å²) in [7, 11) is 0. The molecule has 1 N–H and O–H groups in total. The Morgan fingerprint density at radius 1 is 1.30 bits per heavy atom. The van der Waals surface area contributed by atoms with Crippen molar-refractivity contribution in [2.45, 2.75) is 20.4 Å². The molecular formula is C19H18ClN3O3S. The van der Waals surface area contributed by atoms with Crippen molar-refractivity contribution in [1.29, 1.82) is 0 Å². The summed E-state index contributed by atoms with van der Waals surface area (Å²) in [5, 5.41) is 6.20. The molecular weight excluding hydrogens is 386 g/mol. The summed E-state index contributed by atoms with van der Waals surface area (Å²) in [5.41, 5.74) is 3.31. The van der Waals surface area contributed by atoms with Gasteiger partial charge in [0.25, 0.3) is 5.91 Å². The SMILES string of the molecule is Cc1cc(C(=O)NCc2cc(Cl)c3c(c2)OCCO3)c(C)n1-c1nccs1. The van der Waals surface area contributed by atoms with Crippen LogP contribution in [0, 0.1) is 13.8 Å². The highest BCUT2D eigenvalue weighted by molar-refractivity contribution is 7.12. The van der Waals surface area contributed by atoms with Gasteiger partial charge in [-0.15, -0.1) is 11.3 Å². The van der Waals surface area contributed by atoms with E-state index in [9.17, 15) is 4.79 Å². The molecule has 27 heavy (non-hydrogen) atoms. The van der Waals surface area contributed by atoms with Gasteiger partial charge in [0.2, 0.25) is 0 Å². The Kier molecular flexibility index (Phi) is 4.80. The second-order valence-corrected chi connectivity index (χ2v) is 7.50. The zero-order chi connectivity index (χ0) is 19.0. The van der Waals surface area contributed by atoms with Crippen LogP contribution in [0.2, 0.25) is 5.02 Å². The van der Waals surface area contributed by atoms with Crippen LogP contribution >= 0.6 is 22.9 Å². The summed E-state index contributed by atoms with van der Waals surface area (Å²) in [6.07, 6.45) is 1.75. The van der Waals surface area contributed by atoms with Crippen LogP contribution in [0.3, 0.4) is 0 Å². The lowest BCUT2D eigenvalue weighted by atomic mass is 10.1. The van der Waals surface area contributed by atoms with Gasteiger partial charge in [0.05, 0.1) is 10.6 Å². The van der Waals surface area contributed by atoms with Gasteiger partial charge in [0.1, 0.15) is 13.2 Å². The highest BCUT2D eigenvalue weighted by Gasteiger charge is 2.19. The van der Waals surface area contributed by atoms with Crippen molar-refractivity contribution < 1.29 is 14.3 Å². The van der Waals surface area contributed by atoms with Gasteiger partial charge in [-0.3, -0.25) is 9.36 Å². The first-order valence-corrected chi connectivity index (χ1v) is 9.75. The molecule has 3 heterocycles. The van der Waals surface area contributed by atoms with E-state index in [4.69, 9.17) is 21.1 Å². The lowest BCUT2D eigenvalue weighted by Crippen LogP contribution is -2.23. The van der Waals surface area contributed by atoms with Crippen molar-refractivity contribution in [3.05, 3.63) is 57.3 Å². The number of ether oxygens (including phenoxy) is 2. The first-order chi connectivity index (χ1) is 13.0. The number of amides is 1. The van der Waals surface area contributed by atoms with Gasteiger partial charge in [-0.1, -0.05) is 11.6 Å². The fraction of sp³-hybridized carbons (Fsp3) is 0.263. The molecule has 0 fully saturated rings. The van der Waals surface area contributed by atoms with Gasteiger partial charge in [-0.25, -0.2) is 4.98 Å². The highest BCUT2D eigenvalue weighted by Crippen LogP contribution is 2.38. The van der Waals surface area contributed by atoms with E-state index >= 15 is 0 Å². The number of hydrogen-bond acceptors (Lipinski definition) is 5. The first-order valence-electron chi connectivity index (χ1n) is 8.49. The van der Waals surface area contributed by atoms with E-state index in [-0.39, 0.29) is 5.91 Å². The predicted molar refractivity (Wildman–Crippen MR) is 105 cm³/mol. The number of fused-ring (bicyclic) bond motifs is 1. The van der Waals surface area contributed by atoms with Gasteiger partial charge in [-0.05, 0) is 37.6 Å². The van der Waals surface area contributed by atoms with Crippen LogP contribution in [0.25, 0.3) is 5.13 Å². The Balaban J connectivity index is 1.52. The number of aryl methyl sites for hydroxylation is 1. The Labute approximate surface area is 165 Å². The minimum Gasteiger partial charge on any atom is -0.486 e. The van der Waals surface area contributed by atoms with Crippen molar-refractivity contribution in [1.82, 2.24) is 14.9 Å². The third-order valence-electron chi connectivity index (χ3n) is 4.40. The van der Waals surface area contributed by atoms with E-state index in [2.05, 4.69) is 10.3 Å². The molecule has 0 saturated carbocycles. The molecule has 1 aromatic carbocycles. The lowest BCUT2D eigenvalue weighted by molar-refractivity contribution is 0.0950. The Morgan fingerprint density at radius 2 is 2.11 bits per heavy atom. The zero-order valence-electron chi connectivity index (χ0n) is 14.9. The van der Waals surface area contributed by atoms with Crippen molar-refractivity contribution in [2.24, 2.45) is 0 Å². The molecule has 1 aliphatic heterocycles. The minimum atomic E-state index is -0.142. The van der Waals surface area contributed by atoms with E-state index < -0.39 is 0 Å². The van der Waals surface area contributed by atoms with Gasteiger partial charge in [-0.2, -0.15) is 0 Å². The van der Waals surface area contributed by atoms with Gasteiger partial charge >= 0.3 is 0 Å². The number of hydrogen-bond donors (Lipinski definition) is 1. The maximum Gasteiger partial charge on any atom is 0.253 e. The molecule has 4 rings (SSSR count). The number of nitrogens with one attached hydrogen (secondary N) is 1. The third-order valence-corrected chi connectivity index (χ3v) is 5.43. The van der Waals surface area contributed by atoms with Crippen LogP contribution in [0.4, 0.5) is 0 Å². The number of rotatable bonds is 4. The number of aromatic nitrogens is 2. The fourth-order valence-electron chi connectivity index (χ4n) is 3.16. The van der Waals surface area contributed by atoms with Crippen LogP contribution in [0.15, 0.2) is 29.8 Å². The van der Waals surface area contributed by atoms with Crippen LogP contribution in [0.1, 0.15) is 27.3 Å². The van der Waals surface area contributed by atoms with E-state index in [1.807, 2.05) is 35.9 Å². The summed E-state index contributed by atoms with van der Waals surface area (Å²) in [6.45, 7) is 5.20. The van der Waals surface area contributed by atoms with Crippen LogP contribution in [-0.4, -0.2) is 28.7 Å². The average molecular weight is 404 g/mol. The van der Waals surface area contributed by atoms with Crippen LogP contribution in [-0.2, 0) is 6.54 Å². The van der Waals surface area contributed by atoms with E-state index in [0.717, 1.165) is 22.1 Å². The van der Waals surface area contributed by atoms with Crippen molar-refractivity contribution >= 4 is 28.8 Å². The standard InChI is InChI=1S/C19H18ClN3O3S/c1-11-7-14(12(2)23(11)19-21-3-6-27-19)18(24)22-10-13-8-15(20)17-16(9-13)25-4-5-26-17/h3,6-9H,4-5,10H2,1-2H3,(H,22,24). The lowest BCUT2D eigenvalue weighted by Gasteiger charge is -2.20. The van der Waals surface area contributed by atoms with E-state index in [1.54, 1.807) is 12.3 Å². The molecule has 1 aliphatic rings. The second-order valence-electron chi connectivity index (χ2n) is 6.22. The molecule has 0 bridgehead atoms. The Morgan fingerprint density at radius 3 is 2.89 bits per heavy atom. The zero-order valence-corrected chi connectivity index (χ0v) is 16.5. The topological polar surface area (TPSA) is 65.4 Å². The number of carbonyl (C=O) groups is 1. The molecule has 0 aliphatic carbocycles. The summed E-state index contributed by atoms with van der Waals surface area (Å²) < 4.78 is 13.1. The average Bonchev–Trinajstić information content (AvgIpc) is 3.27. The predicted octanol–water partition coefficient (Wildman–Crippen LogP) is 3.91. The first kappa shape index (κ1) is 17.9. The summed E-state index contributed by atoms with van der Waals surface area (Å²) in [4.78, 5) is 17.1. The summed E-state index contributed by atoms with van der Waals surface area (Å²) >= 11 is 7.79. The monoisotopic (exact) mass is 403 g/mol. The minimum absolute atomic E-state index is 0.142. The van der Waals surface area contributed by atoms with Gasteiger partial charge in [0.15, 0.2) is 16.6 Å². The van der Waals surface area contributed by atoms with E-state index in [1.165, 1.54) is 11.3 Å². The number of nitrogens with zero attached hydrogens (tertiary/aromatic N) is 2. The molecule has 140 valence electrons. The molecule has 3 aromatic rings. The molecule has 0 unspecified atom stereocenters.